The molecule has 2 aromatic rings. The van der Waals surface area contributed by atoms with Crippen LogP contribution in [0.3, 0.4) is 0 Å². The number of benzene rings is 2. The van der Waals surface area contributed by atoms with E-state index >= 15 is 0 Å². The van der Waals surface area contributed by atoms with E-state index in [1.807, 2.05) is 88.4 Å². The Kier molecular flexibility index (Phi) is 10.0. The highest BCUT2D eigenvalue weighted by Crippen LogP contribution is 2.40. The molecule has 0 bridgehead atoms. The highest BCUT2D eigenvalue weighted by Gasteiger charge is 2.37. The maximum Gasteiger partial charge on any atom is 0.265 e. The number of hydrogen-bond acceptors (Lipinski definition) is 7. The van der Waals surface area contributed by atoms with Crippen molar-refractivity contribution in [3.05, 3.63) is 117 Å². The lowest BCUT2D eigenvalue weighted by Gasteiger charge is -2.32. The van der Waals surface area contributed by atoms with Crippen LogP contribution < -0.4 is 0 Å². The molecule has 0 aliphatic heterocycles. The molecule has 0 heterocycles. The van der Waals surface area contributed by atoms with Gasteiger partial charge in [-0.3, -0.25) is 13.2 Å². The fraction of sp³-hybridized carbons (Fsp3) is 0.400. The van der Waals surface area contributed by atoms with Crippen molar-refractivity contribution < 1.29 is 30.0 Å². The van der Waals surface area contributed by atoms with Gasteiger partial charge in [0, 0.05) is 25.7 Å². The Hall–Kier alpha value is -3.11. The fourth-order valence-electron chi connectivity index (χ4n) is 6.01. The minimum absolute atomic E-state index is 0.116. The molecule has 236 valence electrons. The fourth-order valence-corrected chi connectivity index (χ4v) is 7.53. The Bertz CT molecular complexity index is 1610. The van der Waals surface area contributed by atoms with Gasteiger partial charge in [0.25, 0.3) is 20.2 Å². The molecule has 4 rings (SSSR count). The summed E-state index contributed by atoms with van der Waals surface area (Å²) in [6.07, 6.45) is 15.8. The van der Waals surface area contributed by atoms with Crippen LogP contribution in [-0.4, -0.2) is 35.1 Å². The van der Waals surface area contributed by atoms with Crippen LogP contribution in [0.5, 0.6) is 0 Å². The molecular weight excluding hydrogens is 597 g/mol. The van der Waals surface area contributed by atoms with Gasteiger partial charge in [-0.05, 0) is 63.8 Å². The summed E-state index contributed by atoms with van der Waals surface area (Å²) in [5.41, 5.74) is 5.32. The van der Waals surface area contributed by atoms with Crippen molar-refractivity contribution in [2.75, 3.05) is 12.5 Å². The zero-order valence-electron chi connectivity index (χ0n) is 26.3. The summed E-state index contributed by atoms with van der Waals surface area (Å²) in [6, 6.07) is 11.8. The van der Waals surface area contributed by atoms with Crippen LogP contribution >= 0.6 is 0 Å². The Balaban J connectivity index is 1.37. The Morgan fingerprint density at radius 1 is 0.636 bits per heavy atom. The molecule has 0 fully saturated rings. The van der Waals surface area contributed by atoms with Gasteiger partial charge >= 0.3 is 0 Å². The van der Waals surface area contributed by atoms with Crippen LogP contribution in [0.25, 0.3) is 0 Å². The number of rotatable bonds is 12. The number of carbonyl (C=O) groups is 1. The molecule has 2 atom stereocenters. The van der Waals surface area contributed by atoms with Gasteiger partial charge in [-0.15, -0.1) is 0 Å². The molecule has 0 radical (unpaired) electrons. The van der Waals surface area contributed by atoms with Crippen LogP contribution in [-0.2, 0) is 44.6 Å². The molecule has 2 aliphatic rings. The minimum Gasteiger partial charge on any atom is -0.300 e. The average Bonchev–Trinajstić information content (AvgIpc) is 2.89. The van der Waals surface area contributed by atoms with E-state index in [0.717, 1.165) is 57.0 Å². The van der Waals surface area contributed by atoms with E-state index in [2.05, 4.69) is 0 Å². The van der Waals surface area contributed by atoms with Gasteiger partial charge in [0.05, 0.1) is 12.5 Å². The summed E-state index contributed by atoms with van der Waals surface area (Å²) in [7, 11) is -7.47. The van der Waals surface area contributed by atoms with E-state index in [9.17, 15) is 21.6 Å². The van der Waals surface area contributed by atoms with Crippen LogP contribution in [0.15, 0.2) is 84.0 Å². The van der Waals surface area contributed by atoms with E-state index in [4.69, 9.17) is 8.37 Å². The summed E-state index contributed by atoms with van der Waals surface area (Å²) in [6.45, 7) is 7.86. The predicted molar refractivity (Wildman–Crippen MR) is 174 cm³/mol. The van der Waals surface area contributed by atoms with Gasteiger partial charge in [0.1, 0.15) is 17.0 Å². The van der Waals surface area contributed by atoms with Crippen LogP contribution in [0.2, 0.25) is 0 Å². The zero-order valence-corrected chi connectivity index (χ0v) is 28.0. The topological polar surface area (TPSA) is 104 Å². The molecule has 2 unspecified atom stereocenters. The third-order valence-electron chi connectivity index (χ3n) is 7.87. The molecule has 0 spiro atoms. The average molecular weight is 639 g/mol. The van der Waals surface area contributed by atoms with Gasteiger partial charge in [0.15, 0.2) is 0 Å². The molecule has 2 aromatic carbocycles. The van der Waals surface area contributed by atoms with E-state index in [1.54, 1.807) is 12.2 Å². The predicted octanol–water partition coefficient (Wildman–Crippen LogP) is 6.87. The summed E-state index contributed by atoms with van der Waals surface area (Å²) in [4.78, 5) is 12.8. The number of carbonyl (C=O) groups excluding carboxylic acids is 1. The lowest BCUT2D eigenvalue weighted by molar-refractivity contribution is -0.119. The van der Waals surface area contributed by atoms with Gasteiger partial charge in [-0.25, -0.2) is 0 Å². The summed E-state index contributed by atoms with van der Waals surface area (Å²) < 4.78 is 60.0. The standard InChI is InChI=1S/C35H42O7S2/c1-25-19-26(2)22-31(21-25)34(41-43(5,37)38)15-11-29(12-16-34)7-9-33(36)10-8-30-13-17-35(18-14-30,42-44(6,39)40)32-23-27(3)20-28(4)24-32/h11-15,17,19-24H,7-10,16,18H2,1-6H3. The number of ketones is 1. The third kappa shape index (κ3) is 8.97. The molecule has 9 heteroatoms. The van der Waals surface area contributed by atoms with E-state index < -0.39 is 31.4 Å². The molecule has 0 saturated heterocycles. The van der Waals surface area contributed by atoms with Crippen LogP contribution in [0, 0.1) is 27.7 Å². The molecule has 0 amide bonds. The number of aryl methyl sites for hydroxylation is 4. The highest BCUT2D eigenvalue weighted by molar-refractivity contribution is 7.86. The largest absolute Gasteiger partial charge is 0.300 e. The summed E-state index contributed by atoms with van der Waals surface area (Å²) in [5, 5.41) is 0. The summed E-state index contributed by atoms with van der Waals surface area (Å²) in [5.74, 6) is 0.116. The first kappa shape index (κ1) is 33.8. The quantitative estimate of drug-likeness (QED) is 0.234. The van der Waals surface area contributed by atoms with Crippen molar-refractivity contribution in [1.29, 1.82) is 0 Å². The van der Waals surface area contributed by atoms with Crippen molar-refractivity contribution >= 4 is 26.0 Å². The van der Waals surface area contributed by atoms with Crippen molar-refractivity contribution in [1.82, 2.24) is 0 Å². The van der Waals surface area contributed by atoms with Gasteiger partial charge in [-0.2, -0.15) is 16.8 Å². The normalized spacial score (nSPS) is 22.0. The molecule has 44 heavy (non-hydrogen) atoms. The summed E-state index contributed by atoms with van der Waals surface area (Å²) >= 11 is 0. The lowest BCUT2D eigenvalue weighted by atomic mass is 9.83. The Morgan fingerprint density at radius 2 is 0.977 bits per heavy atom. The smallest absolute Gasteiger partial charge is 0.265 e. The molecule has 2 aliphatic carbocycles. The van der Waals surface area contributed by atoms with E-state index in [0.29, 0.717) is 38.5 Å². The van der Waals surface area contributed by atoms with Gasteiger partial charge in [-0.1, -0.05) is 94.1 Å². The van der Waals surface area contributed by atoms with E-state index in [1.165, 1.54) is 0 Å². The Morgan fingerprint density at radius 3 is 1.25 bits per heavy atom. The molecule has 0 aromatic heterocycles. The second kappa shape index (κ2) is 13.1. The van der Waals surface area contributed by atoms with Gasteiger partial charge < -0.3 is 0 Å². The SMILES string of the molecule is Cc1cc(C)cc(C2(OS(C)(=O)=O)C=CC(CCC(=O)CCC3=CCC(OS(C)(=O)=O)(c4cc(C)cc(C)c4)C=C3)=CC2)c1. The van der Waals surface area contributed by atoms with Crippen molar-refractivity contribution in [2.24, 2.45) is 0 Å². The minimum atomic E-state index is -3.74. The number of hydrogen-bond donors (Lipinski definition) is 0. The van der Waals surface area contributed by atoms with Crippen molar-refractivity contribution in [3.63, 3.8) is 0 Å². The van der Waals surface area contributed by atoms with E-state index in [-0.39, 0.29) is 5.78 Å². The maximum atomic E-state index is 12.8. The first-order valence-electron chi connectivity index (χ1n) is 14.7. The van der Waals surface area contributed by atoms with Gasteiger partial charge in [0.2, 0.25) is 0 Å². The Labute approximate surface area is 262 Å². The van der Waals surface area contributed by atoms with Crippen LogP contribution in [0.4, 0.5) is 0 Å². The maximum absolute atomic E-state index is 12.8. The third-order valence-corrected chi connectivity index (χ3v) is 9.07. The number of Topliss-reactive ketones (excluding diaryl/α,β-unsaturated/α-hetero) is 1. The highest BCUT2D eigenvalue weighted by atomic mass is 32.2. The molecular formula is C35H42O7S2. The lowest BCUT2D eigenvalue weighted by Crippen LogP contribution is -2.31. The molecule has 7 nitrogen and oxygen atoms in total. The monoisotopic (exact) mass is 638 g/mol. The van der Waals surface area contributed by atoms with Crippen molar-refractivity contribution in [2.45, 2.75) is 77.4 Å². The second-order valence-corrected chi connectivity index (χ2v) is 15.4. The zero-order chi connectivity index (χ0) is 32.3. The first-order valence-corrected chi connectivity index (χ1v) is 18.4. The van der Waals surface area contributed by atoms with Crippen LogP contribution in [0.1, 0.15) is 71.9 Å². The van der Waals surface area contributed by atoms with Crippen molar-refractivity contribution in [3.8, 4) is 0 Å². The number of allylic oxidation sites excluding steroid dienone is 4. The molecule has 0 N–H and O–H groups in total. The molecule has 0 saturated carbocycles. The first-order chi connectivity index (χ1) is 20.5. The second-order valence-electron chi connectivity index (χ2n) is 12.3.